The average molecular weight is 273 g/mol. The van der Waals surface area contributed by atoms with Crippen molar-refractivity contribution in [1.29, 1.82) is 0 Å². The molecule has 0 aliphatic rings. The molecule has 3 rings (SSSR count). The fraction of sp³-hybridized carbons (Fsp3) is 0. The number of benzene rings is 2. The molecular formula is C14H8FNO4. The third-order valence-corrected chi connectivity index (χ3v) is 2.96. The summed E-state index contributed by atoms with van der Waals surface area (Å²) in [5.41, 5.74) is 0.477. The van der Waals surface area contributed by atoms with Crippen molar-refractivity contribution in [3.63, 3.8) is 0 Å². The molecule has 0 radical (unpaired) electrons. The van der Waals surface area contributed by atoms with E-state index in [0.29, 0.717) is 11.3 Å². The van der Waals surface area contributed by atoms with E-state index in [0.717, 1.165) is 0 Å². The lowest BCUT2D eigenvalue weighted by Gasteiger charge is -1.95. The number of fused-ring (bicyclic) bond motifs is 1. The zero-order valence-corrected chi connectivity index (χ0v) is 10.0. The first kappa shape index (κ1) is 12.2. The fourth-order valence-corrected chi connectivity index (χ4v) is 2.03. The number of rotatable bonds is 2. The number of nitrogens with zero attached hydrogens (tertiary/aromatic N) is 1. The Balaban J connectivity index is 2.23. The molecule has 0 atom stereocenters. The van der Waals surface area contributed by atoms with Gasteiger partial charge in [-0.15, -0.1) is 0 Å². The maximum Gasteiger partial charge on any atom is 0.321 e. The lowest BCUT2D eigenvalue weighted by atomic mass is 10.1. The lowest BCUT2D eigenvalue weighted by Crippen LogP contribution is -1.88. The average Bonchev–Trinajstić information content (AvgIpc) is 2.82. The van der Waals surface area contributed by atoms with Crippen LogP contribution < -0.4 is 0 Å². The highest BCUT2D eigenvalue weighted by molar-refractivity contribution is 5.93. The van der Waals surface area contributed by atoms with Crippen LogP contribution in [0.4, 0.5) is 10.1 Å². The van der Waals surface area contributed by atoms with Crippen molar-refractivity contribution in [1.82, 2.24) is 0 Å². The Bertz CT molecular complexity index is 808. The molecular weight excluding hydrogens is 265 g/mol. The van der Waals surface area contributed by atoms with Gasteiger partial charge < -0.3 is 9.52 Å². The van der Waals surface area contributed by atoms with Gasteiger partial charge in [-0.1, -0.05) is 0 Å². The van der Waals surface area contributed by atoms with Crippen LogP contribution in [0.1, 0.15) is 0 Å². The first-order chi connectivity index (χ1) is 9.56. The minimum absolute atomic E-state index is 0.203. The molecule has 1 heterocycles. The van der Waals surface area contributed by atoms with Gasteiger partial charge in [0.2, 0.25) is 0 Å². The Hall–Kier alpha value is -2.89. The van der Waals surface area contributed by atoms with Crippen LogP contribution in [0.2, 0.25) is 0 Å². The first-order valence-corrected chi connectivity index (χ1v) is 5.72. The molecule has 0 saturated carbocycles. The number of furan rings is 1. The second-order valence-electron chi connectivity index (χ2n) is 4.22. The van der Waals surface area contributed by atoms with Gasteiger partial charge in [-0.2, -0.15) is 0 Å². The van der Waals surface area contributed by atoms with Gasteiger partial charge in [0.15, 0.2) is 5.75 Å². The minimum Gasteiger partial charge on any atom is -0.502 e. The third-order valence-electron chi connectivity index (χ3n) is 2.96. The topological polar surface area (TPSA) is 76.5 Å². The zero-order chi connectivity index (χ0) is 14.3. The van der Waals surface area contributed by atoms with Crippen molar-refractivity contribution < 1.29 is 18.8 Å². The number of halogens is 1. The van der Waals surface area contributed by atoms with E-state index in [9.17, 15) is 19.6 Å². The van der Waals surface area contributed by atoms with Crippen LogP contribution >= 0.6 is 0 Å². The smallest absolute Gasteiger partial charge is 0.321 e. The van der Waals surface area contributed by atoms with Crippen LogP contribution in [0, 0.1) is 15.9 Å². The van der Waals surface area contributed by atoms with E-state index in [-0.39, 0.29) is 16.8 Å². The molecule has 0 bridgehead atoms. The summed E-state index contributed by atoms with van der Waals surface area (Å²) in [5, 5.41) is 20.7. The van der Waals surface area contributed by atoms with Crippen molar-refractivity contribution in [3.05, 3.63) is 58.4 Å². The van der Waals surface area contributed by atoms with E-state index in [1.165, 1.54) is 42.5 Å². The van der Waals surface area contributed by atoms with Crippen LogP contribution in [0.25, 0.3) is 22.3 Å². The van der Waals surface area contributed by atoms with Gasteiger partial charge in [0.25, 0.3) is 0 Å². The van der Waals surface area contributed by atoms with Crippen molar-refractivity contribution in [2.24, 2.45) is 0 Å². The standard InChI is InChI=1S/C14H8FNO4/c15-9-3-1-8(2-4-9)13-7-10-12(20-13)6-5-11(17)14(10)16(18)19/h1-7,17H. The summed E-state index contributed by atoms with van der Waals surface area (Å²) in [7, 11) is 0. The van der Waals surface area contributed by atoms with Gasteiger partial charge in [-0.05, 0) is 42.5 Å². The number of aromatic hydroxyl groups is 1. The number of hydrogen-bond donors (Lipinski definition) is 1. The fourth-order valence-electron chi connectivity index (χ4n) is 2.03. The summed E-state index contributed by atoms with van der Waals surface area (Å²) >= 11 is 0. The van der Waals surface area contributed by atoms with Crippen molar-refractivity contribution in [2.45, 2.75) is 0 Å². The summed E-state index contributed by atoms with van der Waals surface area (Å²) in [6.45, 7) is 0. The second kappa shape index (κ2) is 4.34. The van der Waals surface area contributed by atoms with Crippen molar-refractivity contribution in [2.75, 3.05) is 0 Å². The van der Waals surface area contributed by atoms with Gasteiger partial charge in [0.05, 0.1) is 4.92 Å². The summed E-state index contributed by atoms with van der Waals surface area (Å²) in [4.78, 5) is 10.3. The number of hydrogen-bond acceptors (Lipinski definition) is 4. The highest BCUT2D eigenvalue weighted by Gasteiger charge is 2.21. The van der Waals surface area contributed by atoms with E-state index in [1.54, 1.807) is 0 Å². The molecule has 0 aliphatic carbocycles. The molecule has 3 aromatic rings. The summed E-state index contributed by atoms with van der Waals surface area (Å²) in [5.74, 6) is -0.434. The number of phenols is 1. The molecule has 5 nitrogen and oxygen atoms in total. The van der Waals surface area contributed by atoms with Crippen LogP contribution in [0.5, 0.6) is 5.75 Å². The van der Waals surface area contributed by atoms with E-state index in [1.807, 2.05) is 0 Å². The Morgan fingerprint density at radius 1 is 1.15 bits per heavy atom. The van der Waals surface area contributed by atoms with Gasteiger partial charge in [-0.25, -0.2) is 4.39 Å². The van der Waals surface area contributed by atoms with E-state index >= 15 is 0 Å². The Kier molecular flexibility index (Phi) is 2.64. The molecule has 100 valence electrons. The molecule has 0 aliphatic heterocycles. The summed E-state index contributed by atoms with van der Waals surface area (Å²) in [6.07, 6.45) is 0. The van der Waals surface area contributed by atoms with Gasteiger partial charge >= 0.3 is 5.69 Å². The number of phenolic OH excluding ortho intramolecular Hbond substituents is 1. The molecule has 0 spiro atoms. The molecule has 20 heavy (non-hydrogen) atoms. The Morgan fingerprint density at radius 2 is 1.85 bits per heavy atom. The Morgan fingerprint density at radius 3 is 2.50 bits per heavy atom. The Labute approximate surface area is 112 Å². The molecule has 0 unspecified atom stereocenters. The van der Waals surface area contributed by atoms with Crippen LogP contribution in [-0.4, -0.2) is 10.0 Å². The van der Waals surface area contributed by atoms with Gasteiger partial charge in [0.1, 0.15) is 22.5 Å². The second-order valence-corrected chi connectivity index (χ2v) is 4.22. The lowest BCUT2D eigenvalue weighted by molar-refractivity contribution is -0.384. The predicted octanol–water partition coefficient (Wildman–Crippen LogP) is 3.85. The van der Waals surface area contributed by atoms with Crippen molar-refractivity contribution >= 4 is 16.7 Å². The molecule has 0 amide bonds. The van der Waals surface area contributed by atoms with Gasteiger partial charge in [0, 0.05) is 5.56 Å². The molecule has 0 fully saturated rings. The molecule has 1 N–H and O–H groups in total. The number of nitro groups is 1. The molecule has 1 aromatic heterocycles. The van der Waals surface area contributed by atoms with E-state index in [4.69, 9.17) is 4.42 Å². The van der Waals surface area contributed by atoms with E-state index < -0.39 is 16.4 Å². The van der Waals surface area contributed by atoms with E-state index in [2.05, 4.69) is 0 Å². The summed E-state index contributed by atoms with van der Waals surface area (Å²) in [6, 6.07) is 9.68. The maximum absolute atomic E-state index is 12.9. The van der Waals surface area contributed by atoms with Gasteiger partial charge in [-0.3, -0.25) is 10.1 Å². The predicted molar refractivity (Wildman–Crippen MR) is 69.9 cm³/mol. The molecule has 2 aromatic carbocycles. The van der Waals surface area contributed by atoms with Crippen LogP contribution in [-0.2, 0) is 0 Å². The molecule has 6 heteroatoms. The monoisotopic (exact) mass is 273 g/mol. The highest BCUT2D eigenvalue weighted by atomic mass is 19.1. The highest BCUT2D eigenvalue weighted by Crippen LogP contribution is 2.38. The minimum atomic E-state index is -0.665. The first-order valence-electron chi connectivity index (χ1n) is 5.72. The van der Waals surface area contributed by atoms with Crippen molar-refractivity contribution in [3.8, 4) is 17.1 Å². The number of nitro benzene ring substituents is 1. The molecule has 0 saturated heterocycles. The maximum atomic E-state index is 12.9. The SMILES string of the molecule is O=[N+]([O-])c1c(O)ccc2oc(-c3ccc(F)cc3)cc12. The van der Waals surface area contributed by atoms with Crippen LogP contribution in [0.3, 0.4) is 0 Å². The summed E-state index contributed by atoms with van der Waals surface area (Å²) < 4.78 is 18.4. The normalized spacial score (nSPS) is 10.8. The quantitative estimate of drug-likeness (QED) is 0.568. The largest absolute Gasteiger partial charge is 0.502 e. The zero-order valence-electron chi connectivity index (χ0n) is 10.0. The van der Waals surface area contributed by atoms with Crippen LogP contribution in [0.15, 0.2) is 46.9 Å². The third kappa shape index (κ3) is 1.87.